The summed E-state index contributed by atoms with van der Waals surface area (Å²) in [7, 11) is 1.63. The molecule has 0 aliphatic heterocycles. The molecule has 1 N–H and O–H groups in total. The molecule has 1 heterocycles. The highest BCUT2D eigenvalue weighted by Gasteiger charge is 2.27. The zero-order valence-corrected chi connectivity index (χ0v) is 12.5. The van der Waals surface area contributed by atoms with Gasteiger partial charge < -0.3 is 14.7 Å². The van der Waals surface area contributed by atoms with Crippen LogP contribution in [0.25, 0.3) is 10.9 Å². The van der Waals surface area contributed by atoms with E-state index in [4.69, 9.17) is 0 Å². The Morgan fingerprint density at radius 2 is 2.27 bits per heavy atom. The van der Waals surface area contributed by atoms with Crippen LogP contribution in [-0.4, -0.2) is 35.2 Å². The standard InChI is InChI=1S/C17H19FN2O2/c1-20(12(10-21)8-11-4-2-5-11)17(22)16-9-13-14(18)6-3-7-15(13)19-16/h3,6-7,9-12,19H,2,4-5,8H2,1H3. The number of amides is 1. The second-order valence-corrected chi connectivity index (χ2v) is 6.04. The monoisotopic (exact) mass is 302 g/mol. The van der Waals surface area contributed by atoms with Gasteiger partial charge >= 0.3 is 0 Å². The molecule has 0 saturated heterocycles. The maximum Gasteiger partial charge on any atom is 0.270 e. The number of hydrogen-bond donors (Lipinski definition) is 1. The van der Waals surface area contributed by atoms with Gasteiger partial charge in [0.25, 0.3) is 5.91 Å². The third kappa shape index (κ3) is 2.63. The summed E-state index contributed by atoms with van der Waals surface area (Å²) in [6.45, 7) is 0. The van der Waals surface area contributed by atoms with Crippen molar-refractivity contribution < 1.29 is 14.0 Å². The first-order valence-electron chi connectivity index (χ1n) is 7.60. The van der Waals surface area contributed by atoms with Gasteiger partial charge in [-0.1, -0.05) is 25.3 Å². The number of hydrogen-bond acceptors (Lipinski definition) is 2. The normalized spacial score (nSPS) is 16.3. The third-order valence-electron chi connectivity index (χ3n) is 4.62. The van der Waals surface area contributed by atoms with E-state index in [1.165, 1.54) is 23.5 Å². The average molecular weight is 302 g/mol. The first-order valence-corrected chi connectivity index (χ1v) is 7.60. The Morgan fingerprint density at radius 3 is 2.86 bits per heavy atom. The lowest BCUT2D eigenvalue weighted by molar-refractivity contribution is -0.112. The summed E-state index contributed by atoms with van der Waals surface area (Å²) in [6, 6.07) is 5.76. The van der Waals surface area contributed by atoms with E-state index in [-0.39, 0.29) is 11.7 Å². The molecule has 4 nitrogen and oxygen atoms in total. The van der Waals surface area contributed by atoms with E-state index in [2.05, 4.69) is 4.98 Å². The SMILES string of the molecule is CN(C(=O)c1cc2c(F)cccc2[nH]1)C(C=O)CC1CCC1. The highest BCUT2D eigenvalue weighted by atomic mass is 19.1. The fourth-order valence-electron chi connectivity index (χ4n) is 2.95. The molecule has 1 atom stereocenters. The summed E-state index contributed by atoms with van der Waals surface area (Å²) in [6.07, 6.45) is 5.00. The number of rotatable bonds is 5. The highest BCUT2D eigenvalue weighted by Crippen LogP contribution is 2.31. The minimum absolute atomic E-state index is 0.285. The molecule has 1 unspecified atom stereocenters. The van der Waals surface area contributed by atoms with Gasteiger partial charge in [0.1, 0.15) is 17.8 Å². The fraction of sp³-hybridized carbons (Fsp3) is 0.412. The highest BCUT2D eigenvalue weighted by molar-refractivity contribution is 5.99. The van der Waals surface area contributed by atoms with Crippen LogP contribution in [0.5, 0.6) is 0 Å². The number of halogens is 1. The predicted molar refractivity (Wildman–Crippen MR) is 82.2 cm³/mol. The molecule has 5 heteroatoms. The van der Waals surface area contributed by atoms with Crippen LogP contribution in [0.2, 0.25) is 0 Å². The van der Waals surface area contributed by atoms with Crippen LogP contribution in [-0.2, 0) is 4.79 Å². The van der Waals surface area contributed by atoms with Crippen molar-refractivity contribution >= 4 is 23.1 Å². The van der Waals surface area contributed by atoms with Gasteiger partial charge in [0, 0.05) is 18.0 Å². The Bertz CT molecular complexity index is 706. The molecule has 116 valence electrons. The van der Waals surface area contributed by atoms with Gasteiger partial charge in [0.05, 0.1) is 6.04 Å². The fourth-order valence-corrected chi connectivity index (χ4v) is 2.95. The summed E-state index contributed by atoms with van der Waals surface area (Å²) in [4.78, 5) is 28.2. The van der Waals surface area contributed by atoms with E-state index in [0.29, 0.717) is 28.9 Å². The Balaban J connectivity index is 1.80. The maximum atomic E-state index is 13.7. The van der Waals surface area contributed by atoms with Crippen molar-refractivity contribution in [2.45, 2.75) is 31.7 Å². The van der Waals surface area contributed by atoms with E-state index in [1.54, 1.807) is 19.2 Å². The van der Waals surface area contributed by atoms with Crippen molar-refractivity contribution in [3.05, 3.63) is 35.8 Å². The molecule has 1 aliphatic carbocycles. The van der Waals surface area contributed by atoms with Gasteiger partial charge in [0.15, 0.2) is 0 Å². The van der Waals surface area contributed by atoms with E-state index in [0.717, 1.165) is 19.1 Å². The van der Waals surface area contributed by atoms with Crippen LogP contribution in [0.1, 0.15) is 36.2 Å². The van der Waals surface area contributed by atoms with Crippen LogP contribution in [0.15, 0.2) is 24.3 Å². The summed E-state index contributed by atoms with van der Waals surface area (Å²) < 4.78 is 13.7. The van der Waals surface area contributed by atoms with Crippen molar-refractivity contribution in [2.75, 3.05) is 7.05 Å². The van der Waals surface area contributed by atoms with Crippen LogP contribution < -0.4 is 0 Å². The van der Waals surface area contributed by atoms with Crippen molar-refractivity contribution in [3.8, 4) is 0 Å². The molecule has 0 bridgehead atoms. The zero-order valence-electron chi connectivity index (χ0n) is 12.5. The molecule has 0 radical (unpaired) electrons. The number of carbonyl (C=O) groups excluding carboxylic acids is 2. The lowest BCUT2D eigenvalue weighted by Gasteiger charge is -2.31. The smallest absolute Gasteiger partial charge is 0.270 e. The number of H-pyrrole nitrogens is 1. The summed E-state index contributed by atoms with van der Waals surface area (Å²) in [5, 5.41) is 0.390. The molecule has 22 heavy (non-hydrogen) atoms. The number of likely N-dealkylation sites (N-methyl/N-ethyl adjacent to an activating group) is 1. The average Bonchev–Trinajstić information content (AvgIpc) is 2.90. The van der Waals surface area contributed by atoms with E-state index in [1.807, 2.05) is 0 Å². The van der Waals surface area contributed by atoms with Gasteiger partial charge in [-0.15, -0.1) is 0 Å². The summed E-state index contributed by atoms with van der Waals surface area (Å²) >= 11 is 0. The topological polar surface area (TPSA) is 53.2 Å². The molecule has 1 fully saturated rings. The Morgan fingerprint density at radius 1 is 1.50 bits per heavy atom. The van der Waals surface area contributed by atoms with Crippen molar-refractivity contribution in [1.82, 2.24) is 9.88 Å². The van der Waals surface area contributed by atoms with Crippen LogP contribution in [0.4, 0.5) is 4.39 Å². The molecule has 1 amide bonds. The summed E-state index contributed by atoms with van der Waals surface area (Å²) in [5.41, 5.74) is 0.890. The van der Waals surface area contributed by atoms with E-state index < -0.39 is 6.04 Å². The minimum atomic E-state index is -0.422. The molecule has 1 aromatic heterocycles. The first kappa shape index (κ1) is 14.8. The number of aromatic amines is 1. The van der Waals surface area contributed by atoms with Gasteiger partial charge in [-0.3, -0.25) is 4.79 Å². The number of benzene rings is 1. The Hall–Kier alpha value is -2.17. The van der Waals surface area contributed by atoms with Crippen LogP contribution in [0.3, 0.4) is 0 Å². The molecule has 3 rings (SSSR count). The molecule has 1 aliphatic rings. The molecule has 1 aromatic carbocycles. The predicted octanol–water partition coefficient (Wildman–Crippen LogP) is 3.14. The van der Waals surface area contributed by atoms with E-state index >= 15 is 0 Å². The molecular weight excluding hydrogens is 283 g/mol. The first-order chi connectivity index (χ1) is 10.6. The van der Waals surface area contributed by atoms with Crippen molar-refractivity contribution in [1.29, 1.82) is 0 Å². The second kappa shape index (κ2) is 5.91. The molecular formula is C17H19FN2O2. The number of carbonyl (C=O) groups is 2. The van der Waals surface area contributed by atoms with Gasteiger partial charge in [-0.25, -0.2) is 4.39 Å². The number of fused-ring (bicyclic) bond motifs is 1. The largest absolute Gasteiger partial charge is 0.350 e. The lowest BCUT2D eigenvalue weighted by atomic mass is 9.81. The van der Waals surface area contributed by atoms with Gasteiger partial charge in [0.2, 0.25) is 0 Å². The van der Waals surface area contributed by atoms with Gasteiger partial charge in [-0.05, 0) is 30.5 Å². The van der Waals surface area contributed by atoms with Crippen molar-refractivity contribution in [3.63, 3.8) is 0 Å². The molecule has 0 spiro atoms. The molecule has 1 saturated carbocycles. The van der Waals surface area contributed by atoms with Crippen LogP contribution in [0, 0.1) is 11.7 Å². The second-order valence-electron chi connectivity index (χ2n) is 6.04. The minimum Gasteiger partial charge on any atom is -0.350 e. The number of nitrogens with one attached hydrogen (secondary N) is 1. The lowest BCUT2D eigenvalue weighted by Crippen LogP contribution is -2.40. The number of aldehydes is 1. The zero-order chi connectivity index (χ0) is 15.7. The maximum absolute atomic E-state index is 13.7. The van der Waals surface area contributed by atoms with Gasteiger partial charge in [-0.2, -0.15) is 0 Å². The quantitative estimate of drug-likeness (QED) is 0.863. The number of aromatic nitrogens is 1. The van der Waals surface area contributed by atoms with E-state index in [9.17, 15) is 14.0 Å². The van der Waals surface area contributed by atoms with Crippen LogP contribution >= 0.6 is 0 Å². The van der Waals surface area contributed by atoms with Crippen molar-refractivity contribution in [2.24, 2.45) is 5.92 Å². The number of nitrogens with zero attached hydrogens (tertiary/aromatic N) is 1. The summed E-state index contributed by atoms with van der Waals surface area (Å²) in [5.74, 6) is -0.116. The Kier molecular flexibility index (Phi) is 3.96. The third-order valence-corrected chi connectivity index (χ3v) is 4.62. The molecule has 2 aromatic rings. The Labute approximate surface area is 128 Å².